The van der Waals surface area contributed by atoms with Gasteiger partial charge in [0.2, 0.25) is 0 Å². The normalized spacial score (nSPS) is 17.0. The van der Waals surface area contributed by atoms with Crippen LogP contribution in [0, 0.1) is 0 Å². The highest BCUT2D eigenvalue weighted by Gasteiger charge is 2.39. The van der Waals surface area contributed by atoms with E-state index in [4.69, 9.17) is 4.98 Å². The zero-order valence-corrected chi connectivity index (χ0v) is 12.4. The molecule has 0 spiro atoms. The van der Waals surface area contributed by atoms with Crippen LogP contribution in [0.3, 0.4) is 0 Å². The standard InChI is InChI=1S/C17H21N3O/c1-18-12-14-11-15(21)20-16(19-14)17(9-5-6-10-17)13-7-3-2-4-8-13/h2-4,7-8,11,18H,5-6,9-10,12H2,1H3,(H,19,20,21). The first-order valence-corrected chi connectivity index (χ1v) is 7.55. The molecule has 1 aromatic heterocycles. The molecule has 2 aromatic rings. The van der Waals surface area contributed by atoms with Gasteiger partial charge in [-0.25, -0.2) is 4.98 Å². The molecular weight excluding hydrogens is 262 g/mol. The number of rotatable bonds is 4. The number of aromatic amines is 1. The Hall–Kier alpha value is -1.94. The van der Waals surface area contributed by atoms with Gasteiger partial charge in [-0.1, -0.05) is 43.2 Å². The number of nitrogens with one attached hydrogen (secondary N) is 2. The van der Waals surface area contributed by atoms with Crippen molar-refractivity contribution in [2.75, 3.05) is 7.05 Å². The average molecular weight is 283 g/mol. The Labute approximate surface area is 124 Å². The third-order valence-corrected chi connectivity index (χ3v) is 4.39. The molecule has 0 amide bonds. The first kappa shape index (κ1) is 14.0. The van der Waals surface area contributed by atoms with Crippen LogP contribution >= 0.6 is 0 Å². The van der Waals surface area contributed by atoms with E-state index in [0.29, 0.717) is 6.54 Å². The molecule has 1 heterocycles. The SMILES string of the molecule is CNCc1cc(=O)[nH]c(C2(c3ccccc3)CCCC2)n1. The van der Waals surface area contributed by atoms with Crippen LogP contribution < -0.4 is 10.9 Å². The maximum atomic E-state index is 12.0. The summed E-state index contributed by atoms with van der Waals surface area (Å²) < 4.78 is 0. The molecule has 2 N–H and O–H groups in total. The van der Waals surface area contributed by atoms with Crippen molar-refractivity contribution in [1.82, 2.24) is 15.3 Å². The Morgan fingerprint density at radius 2 is 1.95 bits per heavy atom. The highest BCUT2D eigenvalue weighted by Crippen LogP contribution is 2.44. The molecule has 110 valence electrons. The Kier molecular flexibility index (Phi) is 3.88. The number of benzene rings is 1. The van der Waals surface area contributed by atoms with Gasteiger partial charge in [-0.2, -0.15) is 0 Å². The molecule has 1 aliphatic carbocycles. The molecule has 4 heteroatoms. The van der Waals surface area contributed by atoms with E-state index in [-0.39, 0.29) is 11.0 Å². The fraction of sp³-hybridized carbons (Fsp3) is 0.412. The minimum Gasteiger partial charge on any atom is -0.314 e. The molecule has 0 saturated heterocycles. The van der Waals surface area contributed by atoms with Crippen molar-refractivity contribution >= 4 is 0 Å². The molecule has 1 saturated carbocycles. The lowest BCUT2D eigenvalue weighted by molar-refractivity contribution is 0.493. The van der Waals surface area contributed by atoms with Crippen molar-refractivity contribution in [3.05, 3.63) is 63.8 Å². The molecular formula is C17H21N3O. The van der Waals surface area contributed by atoms with Crippen LogP contribution in [0.4, 0.5) is 0 Å². The molecule has 0 bridgehead atoms. The van der Waals surface area contributed by atoms with E-state index in [1.807, 2.05) is 13.1 Å². The topological polar surface area (TPSA) is 57.8 Å². The van der Waals surface area contributed by atoms with Gasteiger partial charge >= 0.3 is 0 Å². The van der Waals surface area contributed by atoms with E-state index < -0.39 is 0 Å². The maximum Gasteiger partial charge on any atom is 0.251 e. The molecule has 1 aromatic carbocycles. The summed E-state index contributed by atoms with van der Waals surface area (Å²) in [6.07, 6.45) is 4.44. The fourth-order valence-electron chi connectivity index (χ4n) is 3.40. The molecule has 0 unspecified atom stereocenters. The zero-order valence-electron chi connectivity index (χ0n) is 12.4. The predicted octanol–water partition coefficient (Wildman–Crippen LogP) is 2.35. The van der Waals surface area contributed by atoms with Gasteiger partial charge in [0.15, 0.2) is 0 Å². The van der Waals surface area contributed by atoms with E-state index in [1.165, 1.54) is 18.4 Å². The summed E-state index contributed by atoms with van der Waals surface area (Å²) in [6, 6.07) is 12.0. The van der Waals surface area contributed by atoms with Crippen LogP contribution in [0.15, 0.2) is 41.2 Å². The summed E-state index contributed by atoms with van der Waals surface area (Å²) in [5, 5.41) is 3.07. The summed E-state index contributed by atoms with van der Waals surface area (Å²) in [5.41, 5.74) is 1.86. The summed E-state index contributed by atoms with van der Waals surface area (Å²) in [4.78, 5) is 19.7. The summed E-state index contributed by atoms with van der Waals surface area (Å²) in [7, 11) is 1.87. The average Bonchev–Trinajstić information content (AvgIpc) is 2.99. The van der Waals surface area contributed by atoms with Crippen molar-refractivity contribution in [2.24, 2.45) is 0 Å². The lowest BCUT2D eigenvalue weighted by Crippen LogP contribution is -2.30. The zero-order chi connectivity index (χ0) is 14.7. The lowest BCUT2D eigenvalue weighted by Gasteiger charge is -2.28. The van der Waals surface area contributed by atoms with E-state index in [2.05, 4.69) is 34.6 Å². The van der Waals surface area contributed by atoms with Crippen LogP contribution in [0.1, 0.15) is 42.8 Å². The van der Waals surface area contributed by atoms with E-state index in [1.54, 1.807) is 6.07 Å². The van der Waals surface area contributed by atoms with E-state index in [0.717, 1.165) is 24.4 Å². The first-order chi connectivity index (χ1) is 10.2. The molecule has 0 aliphatic heterocycles. The Balaban J connectivity index is 2.12. The van der Waals surface area contributed by atoms with Crippen LogP contribution in [0.5, 0.6) is 0 Å². The van der Waals surface area contributed by atoms with Crippen molar-refractivity contribution in [3.8, 4) is 0 Å². The van der Waals surface area contributed by atoms with Crippen molar-refractivity contribution in [3.63, 3.8) is 0 Å². The Morgan fingerprint density at radius 3 is 2.62 bits per heavy atom. The van der Waals surface area contributed by atoms with Gasteiger partial charge in [0.1, 0.15) is 5.82 Å². The third kappa shape index (κ3) is 2.63. The Morgan fingerprint density at radius 1 is 1.24 bits per heavy atom. The lowest BCUT2D eigenvalue weighted by atomic mass is 9.78. The molecule has 3 rings (SSSR count). The van der Waals surface area contributed by atoms with Crippen LogP contribution in [-0.4, -0.2) is 17.0 Å². The van der Waals surface area contributed by atoms with Crippen molar-refractivity contribution in [2.45, 2.75) is 37.6 Å². The molecule has 4 nitrogen and oxygen atoms in total. The number of hydrogen-bond acceptors (Lipinski definition) is 3. The molecule has 1 aliphatic rings. The highest BCUT2D eigenvalue weighted by atomic mass is 16.1. The van der Waals surface area contributed by atoms with E-state index >= 15 is 0 Å². The predicted molar refractivity (Wildman–Crippen MR) is 83.3 cm³/mol. The number of hydrogen-bond donors (Lipinski definition) is 2. The third-order valence-electron chi connectivity index (χ3n) is 4.39. The van der Waals surface area contributed by atoms with Gasteiger partial charge in [0.25, 0.3) is 5.56 Å². The van der Waals surface area contributed by atoms with Gasteiger partial charge in [0.05, 0.1) is 11.1 Å². The monoisotopic (exact) mass is 283 g/mol. The minimum atomic E-state index is -0.135. The van der Waals surface area contributed by atoms with Crippen molar-refractivity contribution < 1.29 is 0 Å². The largest absolute Gasteiger partial charge is 0.314 e. The van der Waals surface area contributed by atoms with Gasteiger partial charge < -0.3 is 10.3 Å². The van der Waals surface area contributed by atoms with Gasteiger partial charge in [-0.3, -0.25) is 4.79 Å². The molecule has 1 fully saturated rings. The summed E-state index contributed by atoms with van der Waals surface area (Å²) in [5.74, 6) is 0.823. The highest BCUT2D eigenvalue weighted by molar-refractivity contribution is 5.34. The smallest absolute Gasteiger partial charge is 0.251 e. The summed E-state index contributed by atoms with van der Waals surface area (Å²) in [6.45, 7) is 0.613. The second kappa shape index (κ2) is 5.82. The quantitative estimate of drug-likeness (QED) is 0.905. The fourth-order valence-corrected chi connectivity index (χ4v) is 3.40. The first-order valence-electron chi connectivity index (χ1n) is 7.55. The maximum absolute atomic E-state index is 12.0. The minimum absolute atomic E-state index is 0.0625. The Bertz CT molecular complexity index is 657. The molecule has 0 radical (unpaired) electrons. The second-order valence-corrected chi connectivity index (χ2v) is 5.77. The van der Waals surface area contributed by atoms with Crippen LogP contribution in [-0.2, 0) is 12.0 Å². The van der Waals surface area contributed by atoms with E-state index in [9.17, 15) is 4.79 Å². The van der Waals surface area contributed by atoms with Crippen LogP contribution in [0.25, 0.3) is 0 Å². The number of aromatic nitrogens is 2. The van der Waals surface area contributed by atoms with Crippen LogP contribution in [0.2, 0.25) is 0 Å². The second-order valence-electron chi connectivity index (χ2n) is 5.77. The molecule has 21 heavy (non-hydrogen) atoms. The molecule has 0 atom stereocenters. The van der Waals surface area contributed by atoms with Gasteiger partial charge in [0, 0.05) is 12.6 Å². The number of nitrogens with zero attached hydrogens (tertiary/aromatic N) is 1. The van der Waals surface area contributed by atoms with Crippen molar-refractivity contribution in [1.29, 1.82) is 0 Å². The van der Waals surface area contributed by atoms with Gasteiger partial charge in [-0.15, -0.1) is 0 Å². The van der Waals surface area contributed by atoms with Gasteiger partial charge in [-0.05, 0) is 25.5 Å². The number of H-pyrrole nitrogens is 1. The summed E-state index contributed by atoms with van der Waals surface area (Å²) >= 11 is 0.